The van der Waals surface area contributed by atoms with Crippen molar-refractivity contribution in [3.8, 4) is 0 Å². The van der Waals surface area contributed by atoms with Gasteiger partial charge >= 0.3 is 0 Å². The predicted molar refractivity (Wildman–Crippen MR) is 34.0 cm³/mol. The number of ether oxygens (including phenoxy) is 1. The fraction of sp³-hybridized carbons (Fsp3) is 1.00. The first-order chi connectivity index (χ1) is 3.62. The molecule has 0 aromatic carbocycles. The van der Waals surface area contributed by atoms with Gasteiger partial charge in [-0.1, -0.05) is 0 Å². The van der Waals surface area contributed by atoms with Gasteiger partial charge in [0, 0.05) is 13.5 Å². The smallest absolute Gasteiger partial charge is 0.226 e. The normalized spacial score (nSPS) is 18.0. The minimum atomic E-state index is -1.21. The number of hydrogen-bond acceptors (Lipinski definition) is 4. The van der Waals surface area contributed by atoms with E-state index in [-0.39, 0.29) is 0 Å². The molecule has 0 radical (unpaired) electrons. The van der Waals surface area contributed by atoms with Crippen LogP contribution >= 0.6 is 11.9 Å². The molecule has 3 N–H and O–H groups in total. The van der Waals surface area contributed by atoms with Gasteiger partial charge in [0.05, 0.1) is 0 Å². The molecule has 0 heterocycles. The lowest BCUT2D eigenvalue weighted by molar-refractivity contribution is -0.112. The molecule has 0 rings (SSSR count). The predicted octanol–water partition coefficient (Wildman–Crippen LogP) is 0.296. The van der Waals surface area contributed by atoms with Crippen molar-refractivity contribution in [2.75, 3.05) is 6.61 Å². The van der Waals surface area contributed by atoms with E-state index in [1.54, 1.807) is 6.92 Å². The summed E-state index contributed by atoms with van der Waals surface area (Å²) in [6.07, 6.45) is 0. The molecule has 0 aliphatic heterocycles. The van der Waals surface area contributed by atoms with Gasteiger partial charge in [0.25, 0.3) is 0 Å². The molecule has 0 saturated heterocycles. The number of rotatable bonds is 3. The van der Waals surface area contributed by atoms with E-state index in [4.69, 9.17) is 15.0 Å². The van der Waals surface area contributed by atoms with Crippen LogP contribution in [-0.4, -0.2) is 16.8 Å². The third kappa shape index (κ3) is 3.26. The van der Waals surface area contributed by atoms with E-state index in [1.165, 1.54) is 6.92 Å². The van der Waals surface area contributed by atoms with Gasteiger partial charge in [0.2, 0.25) is 5.12 Å². The van der Waals surface area contributed by atoms with Gasteiger partial charge in [-0.3, -0.25) is 5.14 Å². The van der Waals surface area contributed by atoms with Crippen molar-refractivity contribution in [1.29, 1.82) is 0 Å². The fourth-order valence-corrected chi connectivity index (χ4v) is 0.488. The minimum Gasteiger partial charge on any atom is -0.356 e. The molecule has 0 aliphatic carbocycles. The topological polar surface area (TPSA) is 55.5 Å². The lowest BCUT2D eigenvalue weighted by Crippen LogP contribution is -2.25. The Morgan fingerprint density at radius 1 is 1.88 bits per heavy atom. The van der Waals surface area contributed by atoms with E-state index in [1.807, 2.05) is 0 Å². The maximum Gasteiger partial charge on any atom is 0.226 e. The van der Waals surface area contributed by atoms with Crippen LogP contribution in [0.1, 0.15) is 13.8 Å². The molecule has 0 spiro atoms. The molecule has 1 unspecified atom stereocenters. The van der Waals surface area contributed by atoms with Crippen LogP contribution in [-0.2, 0) is 4.74 Å². The highest BCUT2D eigenvalue weighted by molar-refractivity contribution is 7.98. The molecule has 0 aromatic rings. The zero-order valence-electron chi connectivity index (χ0n) is 5.05. The van der Waals surface area contributed by atoms with E-state index in [2.05, 4.69) is 0 Å². The summed E-state index contributed by atoms with van der Waals surface area (Å²) in [7, 11) is 0. The highest BCUT2D eigenvalue weighted by Crippen LogP contribution is 2.15. The standard InChI is InChI=1S/C4H11NO2S/c1-3-7-4(2,6)8-5/h6H,3,5H2,1-2H3. The number of aliphatic hydroxyl groups is 1. The zero-order chi connectivity index (χ0) is 6.62. The Bertz CT molecular complexity index is 67.1. The van der Waals surface area contributed by atoms with E-state index in [9.17, 15) is 0 Å². The van der Waals surface area contributed by atoms with E-state index in [0.29, 0.717) is 6.61 Å². The van der Waals surface area contributed by atoms with Crippen LogP contribution in [0.25, 0.3) is 0 Å². The van der Waals surface area contributed by atoms with Crippen LogP contribution < -0.4 is 5.14 Å². The fourth-order valence-electron chi connectivity index (χ4n) is 0.302. The molecule has 0 bridgehead atoms. The van der Waals surface area contributed by atoms with Crippen LogP contribution in [0.5, 0.6) is 0 Å². The molecule has 8 heavy (non-hydrogen) atoms. The summed E-state index contributed by atoms with van der Waals surface area (Å²) in [6.45, 7) is 3.77. The van der Waals surface area contributed by atoms with Gasteiger partial charge in [0.15, 0.2) is 0 Å². The summed E-state index contributed by atoms with van der Waals surface area (Å²) in [5.41, 5.74) is 0. The first-order valence-corrected chi connectivity index (χ1v) is 3.24. The summed E-state index contributed by atoms with van der Waals surface area (Å²) < 4.78 is 4.77. The van der Waals surface area contributed by atoms with Crippen LogP contribution in [0.2, 0.25) is 0 Å². The molecule has 0 aromatic heterocycles. The summed E-state index contributed by atoms with van der Waals surface area (Å²) in [5.74, 6) is 0. The molecule has 4 heteroatoms. The molecule has 3 nitrogen and oxygen atoms in total. The minimum absolute atomic E-state index is 0.469. The third-order valence-electron chi connectivity index (χ3n) is 0.631. The molecule has 1 atom stereocenters. The molecule has 0 aliphatic rings. The van der Waals surface area contributed by atoms with Crippen molar-refractivity contribution in [2.45, 2.75) is 19.0 Å². The summed E-state index contributed by atoms with van der Waals surface area (Å²) in [5, 5.41) is 12.8. The molecule has 50 valence electrons. The van der Waals surface area contributed by atoms with Crippen molar-refractivity contribution in [3.05, 3.63) is 0 Å². The van der Waals surface area contributed by atoms with Crippen molar-refractivity contribution >= 4 is 11.9 Å². The molecular formula is C4H11NO2S. The Morgan fingerprint density at radius 3 is 2.50 bits per heavy atom. The largest absolute Gasteiger partial charge is 0.356 e. The van der Waals surface area contributed by atoms with Gasteiger partial charge in [0.1, 0.15) is 0 Å². The van der Waals surface area contributed by atoms with E-state index in [0.717, 1.165) is 11.9 Å². The molecular weight excluding hydrogens is 126 g/mol. The second-order valence-electron chi connectivity index (χ2n) is 1.45. The number of nitrogens with two attached hydrogens (primary N) is 1. The van der Waals surface area contributed by atoms with Crippen LogP contribution in [0.15, 0.2) is 0 Å². The van der Waals surface area contributed by atoms with Crippen LogP contribution in [0.3, 0.4) is 0 Å². The van der Waals surface area contributed by atoms with Gasteiger partial charge in [-0.2, -0.15) is 0 Å². The van der Waals surface area contributed by atoms with Crippen molar-refractivity contribution in [3.63, 3.8) is 0 Å². The Morgan fingerprint density at radius 2 is 2.38 bits per heavy atom. The quantitative estimate of drug-likeness (QED) is 0.434. The lowest BCUT2D eigenvalue weighted by atomic mass is 10.7. The summed E-state index contributed by atoms with van der Waals surface area (Å²) in [4.78, 5) is 0. The molecule has 0 fully saturated rings. The van der Waals surface area contributed by atoms with E-state index >= 15 is 0 Å². The average molecular weight is 137 g/mol. The maximum atomic E-state index is 8.94. The van der Waals surface area contributed by atoms with Crippen LogP contribution in [0.4, 0.5) is 0 Å². The Kier molecular flexibility index (Phi) is 3.39. The second kappa shape index (κ2) is 3.29. The van der Waals surface area contributed by atoms with E-state index < -0.39 is 5.12 Å². The SMILES string of the molecule is CCOC(C)(O)SN. The van der Waals surface area contributed by atoms with Gasteiger partial charge in [-0.15, -0.1) is 0 Å². The van der Waals surface area contributed by atoms with Gasteiger partial charge < -0.3 is 9.84 Å². The summed E-state index contributed by atoms with van der Waals surface area (Å²) >= 11 is 0.785. The van der Waals surface area contributed by atoms with Gasteiger partial charge in [-0.25, -0.2) is 0 Å². The molecule has 0 saturated carbocycles. The van der Waals surface area contributed by atoms with Crippen LogP contribution in [0, 0.1) is 0 Å². The molecule has 0 amide bonds. The Balaban J connectivity index is 3.37. The maximum absolute atomic E-state index is 8.94. The van der Waals surface area contributed by atoms with Gasteiger partial charge in [-0.05, 0) is 18.9 Å². The van der Waals surface area contributed by atoms with Crippen molar-refractivity contribution in [1.82, 2.24) is 0 Å². The average Bonchev–Trinajstić information content (AvgIpc) is 1.67. The highest BCUT2D eigenvalue weighted by atomic mass is 32.2. The lowest BCUT2D eigenvalue weighted by Gasteiger charge is -2.18. The first-order valence-electron chi connectivity index (χ1n) is 2.36. The zero-order valence-corrected chi connectivity index (χ0v) is 5.86. The number of hydrogen-bond donors (Lipinski definition) is 2. The Labute approximate surface area is 53.3 Å². The highest BCUT2D eigenvalue weighted by Gasteiger charge is 2.17. The Hall–Kier alpha value is 0.230. The second-order valence-corrected chi connectivity index (χ2v) is 2.44. The van der Waals surface area contributed by atoms with Crippen molar-refractivity contribution in [2.24, 2.45) is 5.14 Å². The summed E-state index contributed by atoms with van der Waals surface area (Å²) in [6, 6.07) is 0. The van der Waals surface area contributed by atoms with Crippen molar-refractivity contribution < 1.29 is 9.84 Å². The third-order valence-corrected chi connectivity index (χ3v) is 1.19. The first kappa shape index (κ1) is 8.23. The monoisotopic (exact) mass is 137 g/mol.